The fourth-order valence-corrected chi connectivity index (χ4v) is 8.71. The van der Waals surface area contributed by atoms with Gasteiger partial charge in [0.05, 0.1) is 44.1 Å². The first-order valence-electron chi connectivity index (χ1n) is 18.5. The maximum atomic E-state index is 5.32. The predicted molar refractivity (Wildman–Crippen MR) is 226 cm³/mol. The highest BCUT2D eigenvalue weighted by molar-refractivity contribution is 6.19. The third-order valence-corrected chi connectivity index (χ3v) is 11.1. The maximum Gasteiger partial charge on any atom is 0.165 e. The van der Waals surface area contributed by atoms with Crippen LogP contribution >= 0.6 is 0 Å². The average molecular weight is 703 g/mol. The van der Waals surface area contributed by atoms with Crippen molar-refractivity contribution in [3.8, 4) is 28.6 Å². The van der Waals surface area contributed by atoms with E-state index in [9.17, 15) is 0 Å². The lowest BCUT2D eigenvalue weighted by atomic mass is 10.1. The molecule has 6 nitrogen and oxygen atoms in total. The van der Waals surface area contributed by atoms with E-state index in [4.69, 9.17) is 15.0 Å². The van der Waals surface area contributed by atoms with Crippen molar-refractivity contribution in [2.45, 2.75) is 0 Å². The van der Waals surface area contributed by atoms with Gasteiger partial charge in [0.25, 0.3) is 0 Å². The number of rotatable bonds is 4. The highest BCUT2D eigenvalue weighted by Gasteiger charge is 2.22. The monoisotopic (exact) mass is 702 g/mol. The number of nitrogens with zero attached hydrogens (tertiary/aromatic N) is 6. The summed E-state index contributed by atoms with van der Waals surface area (Å²) in [4.78, 5) is 15.3. The van der Waals surface area contributed by atoms with Gasteiger partial charge in [0.15, 0.2) is 5.82 Å². The van der Waals surface area contributed by atoms with Gasteiger partial charge < -0.3 is 4.57 Å². The number of hydrogen-bond acceptors (Lipinski definition) is 3. The van der Waals surface area contributed by atoms with E-state index in [1.165, 1.54) is 21.5 Å². The van der Waals surface area contributed by atoms with Gasteiger partial charge in [0.2, 0.25) is 0 Å². The molecule has 0 radical (unpaired) electrons. The van der Waals surface area contributed by atoms with Gasteiger partial charge in [-0.05, 0) is 72.8 Å². The van der Waals surface area contributed by atoms with Crippen molar-refractivity contribution in [1.82, 2.24) is 28.7 Å². The lowest BCUT2D eigenvalue weighted by Gasteiger charge is -2.14. The third-order valence-electron chi connectivity index (χ3n) is 11.1. The van der Waals surface area contributed by atoms with Gasteiger partial charge in [0.1, 0.15) is 11.5 Å². The molecule has 0 atom stereocenters. The minimum Gasteiger partial charge on any atom is -0.309 e. The molecule has 12 rings (SSSR count). The number of benzene rings is 7. The highest BCUT2D eigenvalue weighted by Crippen LogP contribution is 2.41. The third kappa shape index (κ3) is 4.33. The van der Waals surface area contributed by atoms with E-state index in [1.807, 2.05) is 42.6 Å². The molecule has 0 aliphatic heterocycles. The van der Waals surface area contributed by atoms with E-state index in [0.29, 0.717) is 0 Å². The molecule has 0 aliphatic carbocycles. The van der Waals surface area contributed by atoms with Crippen LogP contribution in [0.4, 0.5) is 0 Å². The number of pyridine rings is 1. The first-order chi connectivity index (χ1) is 27.3. The summed E-state index contributed by atoms with van der Waals surface area (Å²) in [5, 5.41) is 7.16. The molecule has 0 spiro atoms. The van der Waals surface area contributed by atoms with Crippen LogP contribution in [-0.4, -0.2) is 28.7 Å². The summed E-state index contributed by atoms with van der Waals surface area (Å²) < 4.78 is 7.00. The minimum atomic E-state index is 0.811. The molecule has 5 aromatic heterocycles. The second kappa shape index (κ2) is 11.5. The Bertz CT molecular complexity index is 3480. The SMILES string of the molecule is c1ccc(-c2nc3ccccc3nc2-n2c3ccccc3c3cc(-n4c5ccccc5c5cc6c7ccccc7n(-c7ccccn7)c6cc54)ccc32)cc1. The second-order valence-electron chi connectivity index (χ2n) is 14.1. The van der Waals surface area contributed by atoms with E-state index >= 15 is 0 Å². The summed E-state index contributed by atoms with van der Waals surface area (Å²) in [6, 6.07) is 62.2. The van der Waals surface area contributed by atoms with Crippen LogP contribution in [0.5, 0.6) is 0 Å². The Labute approximate surface area is 314 Å². The molecular formula is C49H30N6. The standard InChI is InChI=1S/C49H30N6/c1-2-14-31(15-3-1)48-49(52-40-20-8-7-19-39(40)51-48)55-43-23-11-6-16-33(43)36-28-32(25-26-44(36)55)53-41-21-9-4-17-34(41)37-29-38-35-18-5-10-22-42(35)54(46(38)30-45(37)53)47-24-12-13-27-50-47/h1-30H. The Morgan fingerprint density at radius 3 is 1.58 bits per heavy atom. The van der Waals surface area contributed by atoms with Crippen LogP contribution in [0.3, 0.4) is 0 Å². The summed E-state index contributed by atoms with van der Waals surface area (Å²) >= 11 is 0. The lowest BCUT2D eigenvalue weighted by molar-refractivity contribution is 1.08. The molecule has 12 aromatic rings. The molecule has 55 heavy (non-hydrogen) atoms. The molecular weight excluding hydrogens is 673 g/mol. The van der Waals surface area contributed by atoms with Crippen LogP contribution in [-0.2, 0) is 0 Å². The molecule has 0 aliphatic rings. The Balaban J connectivity index is 1.16. The summed E-state index contributed by atoms with van der Waals surface area (Å²) in [5.74, 6) is 1.71. The molecule has 5 heterocycles. The molecule has 0 fully saturated rings. The zero-order valence-electron chi connectivity index (χ0n) is 29.5. The topological polar surface area (TPSA) is 53.5 Å². The number of aromatic nitrogens is 6. The highest BCUT2D eigenvalue weighted by atomic mass is 15.1. The molecule has 0 N–H and O–H groups in total. The van der Waals surface area contributed by atoms with Crippen molar-refractivity contribution in [2.24, 2.45) is 0 Å². The lowest BCUT2D eigenvalue weighted by Crippen LogP contribution is -2.03. The molecule has 0 saturated carbocycles. The average Bonchev–Trinajstić information content (AvgIpc) is 3.88. The molecule has 256 valence electrons. The van der Waals surface area contributed by atoms with Gasteiger partial charge in [0, 0.05) is 49.8 Å². The van der Waals surface area contributed by atoms with Crippen LogP contribution in [0.25, 0.3) is 105 Å². The minimum absolute atomic E-state index is 0.811. The van der Waals surface area contributed by atoms with Crippen molar-refractivity contribution in [3.05, 3.63) is 182 Å². The van der Waals surface area contributed by atoms with Gasteiger partial charge in [-0.1, -0.05) is 103 Å². The quantitative estimate of drug-likeness (QED) is 0.183. The van der Waals surface area contributed by atoms with Crippen molar-refractivity contribution < 1.29 is 0 Å². The van der Waals surface area contributed by atoms with Crippen molar-refractivity contribution in [3.63, 3.8) is 0 Å². The van der Waals surface area contributed by atoms with Gasteiger partial charge >= 0.3 is 0 Å². The van der Waals surface area contributed by atoms with Crippen LogP contribution in [0.1, 0.15) is 0 Å². The fourth-order valence-electron chi connectivity index (χ4n) is 8.71. The van der Waals surface area contributed by atoms with E-state index in [0.717, 1.165) is 83.5 Å². The van der Waals surface area contributed by atoms with Crippen LogP contribution in [0, 0.1) is 0 Å². The van der Waals surface area contributed by atoms with Crippen molar-refractivity contribution >= 4 is 76.5 Å². The molecule has 0 unspecified atom stereocenters. The van der Waals surface area contributed by atoms with Crippen LogP contribution in [0.2, 0.25) is 0 Å². The summed E-state index contributed by atoms with van der Waals surface area (Å²) in [5.41, 5.74) is 11.4. The molecule has 0 saturated heterocycles. The van der Waals surface area contributed by atoms with Crippen LogP contribution < -0.4 is 0 Å². The summed E-state index contributed by atoms with van der Waals surface area (Å²) in [6.45, 7) is 0. The number of para-hydroxylation sites is 5. The maximum absolute atomic E-state index is 5.32. The molecule has 0 bridgehead atoms. The van der Waals surface area contributed by atoms with E-state index in [1.54, 1.807) is 0 Å². The van der Waals surface area contributed by atoms with Gasteiger partial charge in [-0.25, -0.2) is 15.0 Å². The van der Waals surface area contributed by atoms with Gasteiger partial charge in [-0.2, -0.15) is 0 Å². The normalized spacial score (nSPS) is 12.0. The first kappa shape index (κ1) is 29.9. The smallest absolute Gasteiger partial charge is 0.165 e. The Hall–Kier alpha value is -7.57. The zero-order chi connectivity index (χ0) is 36.0. The molecule has 7 aromatic carbocycles. The van der Waals surface area contributed by atoms with Gasteiger partial charge in [-0.15, -0.1) is 0 Å². The molecule has 0 amide bonds. The number of hydrogen-bond donors (Lipinski definition) is 0. The van der Waals surface area contributed by atoms with Gasteiger partial charge in [-0.3, -0.25) is 9.13 Å². The van der Waals surface area contributed by atoms with E-state index < -0.39 is 0 Å². The summed E-state index contributed by atoms with van der Waals surface area (Å²) in [6.07, 6.45) is 1.86. The second-order valence-corrected chi connectivity index (χ2v) is 14.1. The molecule has 6 heteroatoms. The van der Waals surface area contributed by atoms with E-state index in [2.05, 4.69) is 153 Å². The van der Waals surface area contributed by atoms with Crippen molar-refractivity contribution in [2.75, 3.05) is 0 Å². The fraction of sp³-hybridized carbons (Fsp3) is 0. The summed E-state index contributed by atoms with van der Waals surface area (Å²) in [7, 11) is 0. The Kier molecular flexibility index (Phi) is 6.24. The van der Waals surface area contributed by atoms with Crippen LogP contribution in [0.15, 0.2) is 182 Å². The Morgan fingerprint density at radius 2 is 0.891 bits per heavy atom. The van der Waals surface area contributed by atoms with Crippen molar-refractivity contribution in [1.29, 1.82) is 0 Å². The predicted octanol–water partition coefficient (Wildman–Crippen LogP) is 12.0. The first-order valence-corrected chi connectivity index (χ1v) is 18.5. The zero-order valence-corrected chi connectivity index (χ0v) is 29.5. The van der Waals surface area contributed by atoms with E-state index in [-0.39, 0.29) is 0 Å². The number of fused-ring (bicyclic) bond motifs is 10. The Morgan fingerprint density at radius 1 is 0.345 bits per heavy atom. The largest absolute Gasteiger partial charge is 0.309 e.